The first kappa shape index (κ1) is 17.7. The molecule has 4 rings (SSSR count). The number of hydrogen-bond acceptors (Lipinski definition) is 5. The number of hydrogen-bond donors (Lipinski definition) is 2. The minimum Gasteiger partial charge on any atom is -0.365 e. The van der Waals surface area contributed by atoms with Gasteiger partial charge in [0.05, 0.1) is 6.20 Å². The average Bonchev–Trinajstić information content (AvgIpc) is 3.38. The standard InChI is InChI=1S/C20H23N5OS/c1-13-5-7-14(8-6-13)16-10-22-24-18(16)15-4-3-9-25(11-15)19(26)17-12-27-20(21-2)23-17/h5-8,10,12,15H,3-4,9,11H2,1-2H3,(H,21,23)(H,22,24)/t15-/m0/s1. The summed E-state index contributed by atoms with van der Waals surface area (Å²) in [5.41, 5.74) is 5.16. The van der Waals surface area contributed by atoms with Crippen LogP contribution in [0.25, 0.3) is 11.1 Å². The largest absolute Gasteiger partial charge is 0.365 e. The second-order valence-corrected chi connectivity index (χ2v) is 7.80. The number of carbonyl (C=O) groups is 1. The van der Waals surface area contributed by atoms with E-state index in [0.717, 1.165) is 41.3 Å². The molecular weight excluding hydrogens is 358 g/mol. The van der Waals surface area contributed by atoms with E-state index in [1.807, 2.05) is 23.5 Å². The molecule has 1 aliphatic heterocycles. The lowest BCUT2D eigenvalue weighted by molar-refractivity contribution is 0.0701. The third-order valence-electron chi connectivity index (χ3n) is 5.09. The van der Waals surface area contributed by atoms with Crippen molar-refractivity contribution in [2.24, 2.45) is 0 Å². The molecule has 6 nitrogen and oxygen atoms in total. The van der Waals surface area contributed by atoms with Crippen LogP contribution in [0, 0.1) is 6.92 Å². The number of nitrogens with zero attached hydrogens (tertiary/aromatic N) is 3. The zero-order chi connectivity index (χ0) is 18.8. The van der Waals surface area contributed by atoms with Crippen LogP contribution in [0.3, 0.4) is 0 Å². The van der Waals surface area contributed by atoms with Crippen LogP contribution in [0.4, 0.5) is 5.13 Å². The Labute approximate surface area is 162 Å². The van der Waals surface area contributed by atoms with Gasteiger partial charge in [-0.25, -0.2) is 4.98 Å². The molecule has 1 fully saturated rings. The molecule has 1 amide bonds. The fourth-order valence-electron chi connectivity index (χ4n) is 3.62. The number of piperidine rings is 1. The average molecular weight is 382 g/mol. The summed E-state index contributed by atoms with van der Waals surface area (Å²) in [6.45, 7) is 3.55. The number of aromatic amines is 1. The lowest BCUT2D eigenvalue weighted by Gasteiger charge is -2.32. The molecule has 1 aromatic carbocycles. The highest BCUT2D eigenvalue weighted by Gasteiger charge is 2.29. The molecule has 0 saturated carbocycles. The molecule has 2 N–H and O–H groups in total. The minimum atomic E-state index is 0.00820. The molecule has 7 heteroatoms. The Balaban J connectivity index is 1.54. The van der Waals surface area contributed by atoms with Crippen LogP contribution >= 0.6 is 11.3 Å². The van der Waals surface area contributed by atoms with E-state index >= 15 is 0 Å². The summed E-state index contributed by atoms with van der Waals surface area (Å²) in [6.07, 6.45) is 3.91. The van der Waals surface area contributed by atoms with Crippen molar-refractivity contribution in [1.29, 1.82) is 0 Å². The van der Waals surface area contributed by atoms with Gasteiger partial charge in [0.2, 0.25) is 0 Å². The topological polar surface area (TPSA) is 73.9 Å². The predicted octanol–water partition coefficient (Wildman–Crippen LogP) is 3.90. The molecule has 140 valence electrons. The number of aromatic nitrogens is 3. The van der Waals surface area contributed by atoms with Crippen LogP contribution in [0.15, 0.2) is 35.8 Å². The molecule has 0 radical (unpaired) electrons. The highest BCUT2D eigenvalue weighted by atomic mass is 32.1. The first-order valence-corrected chi connectivity index (χ1v) is 10.1. The van der Waals surface area contributed by atoms with Crippen molar-refractivity contribution in [1.82, 2.24) is 20.1 Å². The van der Waals surface area contributed by atoms with Crippen molar-refractivity contribution in [3.63, 3.8) is 0 Å². The fourth-order valence-corrected chi connectivity index (χ4v) is 4.26. The molecule has 27 heavy (non-hydrogen) atoms. The third kappa shape index (κ3) is 3.60. The first-order valence-electron chi connectivity index (χ1n) is 9.18. The van der Waals surface area contributed by atoms with Crippen LogP contribution in [0.5, 0.6) is 0 Å². The lowest BCUT2D eigenvalue weighted by Crippen LogP contribution is -2.39. The number of likely N-dealkylation sites (tertiary alicyclic amines) is 1. The van der Waals surface area contributed by atoms with Gasteiger partial charge in [-0.05, 0) is 25.3 Å². The smallest absolute Gasteiger partial charge is 0.273 e. The number of H-pyrrole nitrogens is 1. The molecule has 1 saturated heterocycles. The van der Waals surface area contributed by atoms with Crippen LogP contribution < -0.4 is 5.32 Å². The molecule has 1 aliphatic rings. The van der Waals surface area contributed by atoms with E-state index in [9.17, 15) is 4.79 Å². The Morgan fingerprint density at radius 2 is 2.15 bits per heavy atom. The summed E-state index contributed by atoms with van der Waals surface area (Å²) in [5.74, 6) is 0.262. The van der Waals surface area contributed by atoms with E-state index in [2.05, 4.69) is 51.7 Å². The van der Waals surface area contributed by atoms with Gasteiger partial charge in [0.15, 0.2) is 5.13 Å². The van der Waals surface area contributed by atoms with Crippen molar-refractivity contribution < 1.29 is 4.79 Å². The van der Waals surface area contributed by atoms with Crippen molar-refractivity contribution >= 4 is 22.4 Å². The molecular formula is C20H23N5OS. The molecule has 3 aromatic rings. The minimum absolute atomic E-state index is 0.00820. The second-order valence-electron chi connectivity index (χ2n) is 6.94. The van der Waals surface area contributed by atoms with E-state index < -0.39 is 0 Å². The summed E-state index contributed by atoms with van der Waals surface area (Å²) in [7, 11) is 1.81. The number of thiazole rings is 1. The van der Waals surface area contributed by atoms with Crippen molar-refractivity contribution in [2.45, 2.75) is 25.7 Å². The number of rotatable bonds is 4. The third-order valence-corrected chi connectivity index (χ3v) is 5.95. The van der Waals surface area contributed by atoms with Gasteiger partial charge in [0.1, 0.15) is 5.69 Å². The molecule has 0 aliphatic carbocycles. The summed E-state index contributed by atoms with van der Waals surface area (Å²) in [4.78, 5) is 19.1. The van der Waals surface area contributed by atoms with Gasteiger partial charge in [-0.3, -0.25) is 9.89 Å². The molecule has 0 bridgehead atoms. The van der Waals surface area contributed by atoms with Crippen molar-refractivity contribution in [3.8, 4) is 11.1 Å². The highest BCUT2D eigenvalue weighted by molar-refractivity contribution is 7.13. The van der Waals surface area contributed by atoms with Gasteiger partial charge >= 0.3 is 0 Å². The Morgan fingerprint density at radius 3 is 2.89 bits per heavy atom. The summed E-state index contributed by atoms with van der Waals surface area (Å²) in [6, 6.07) is 8.49. The van der Waals surface area contributed by atoms with Gasteiger partial charge < -0.3 is 10.2 Å². The Kier molecular flexibility index (Phi) is 4.94. The Hall–Kier alpha value is -2.67. The predicted molar refractivity (Wildman–Crippen MR) is 108 cm³/mol. The van der Waals surface area contributed by atoms with Crippen LogP contribution in [0.2, 0.25) is 0 Å². The highest BCUT2D eigenvalue weighted by Crippen LogP contribution is 2.33. The maximum Gasteiger partial charge on any atom is 0.273 e. The molecule has 2 aromatic heterocycles. The molecule has 3 heterocycles. The van der Waals surface area contributed by atoms with Crippen LogP contribution in [-0.4, -0.2) is 46.1 Å². The van der Waals surface area contributed by atoms with E-state index in [4.69, 9.17) is 0 Å². The zero-order valence-electron chi connectivity index (χ0n) is 15.5. The van der Waals surface area contributed by atoms with Crippen LogP contribution in [0.1, 0.15) is 40.5 Å². The number of anilines is 1. The maximum absolute atomic E-state index is 12.9. The lowest BCUT2D eigenvalue weighted by atomic mass is 9.90. The normalized spacial score (nSPS) is 17.1. The summed E-state index contributed by atoms with van der Waals surface area (Å²) >= 11 is 1.46. The van der Waals surface area contributed by atoms with Gasteiger partial charge in [0.25, 0.3) is 5.91 Å². The number of aryl methyl sites for hydroxylation is 1. The SMILES string of the molecule is CNc1nc(C(=O)N2CCC[C@H](c3[nH]ncc3-c3ccc(C)cc3)C2)cs1. The van der Waals surface area contributed by atoms with Crippen LogP contribution in [-0.2, 0) is 0 Å². The van der Waals surface area contributed by atoms with Gasteiger partial charge in [-0.1, -0.05) is 29.8 Å². The first-order chi connectivity index (χ1) is 13.2. The van der Waals surface area contributed by atoms with Crippen molar-refractivity contribution in [2.75, 3.05) is 25.5 Å². The van der Waals surface area contributed by atoms with E-state index in [-0.39, 0.29) is 11.8 Å². The molecule has 0 spiro atoms. The summed E-state index contributed by atoms with van der Waals surface area (Å²) < 4.78 is 0. The number of amides is 1. The Morgan fingerprint density at radius 1 is 1.33 bits per heavy atom. The van der Waals surface area contributed by atoms with Crippen molar-refractivity contribution in [3.05, 3.63) is 52.8 Å². The number of nitrogens with one attached hydrogen (secondary N) is 2. The monoisotopic (exact) mass is 381 g/mol. The zero-order valence-corrected chi connectivity index (χ0v) is 16.3. The van der Waals surface area contributed by atoms with E-state index in [1.54, 1.807) is 0 Å². The molecule has 0 unspecified atom stereocenters. The maximum atomic E-state index is 12.9. The number of benzene rings is 1. The quantitative estimate of drug-likeness (QED) is 0.719. The van der Waals surface area contributed by atoms with Gasteiger partial charge in [-0.2, -0.15) is 5.10 Å². The van der Waals surface area contributed by atoms with Gasteiger partial charge in [-0.15, -0.1) is 11.3 Å². The van der Waals surface area contributed by atoms with Gasteiger partial charge in [0, 0.05) is 42.7 Å². The Bertz CT molecular complexity index is 930. The van der Waals surface area contributed by atoms with E-state index in [1.165, 1.54) is 16.9 Å². The summed E-state index contributed by atoms with van der Waals surface area (Å²) in [5, 5.41) is 13.1. The fraction of sp³-hybridized carbons (Fsp3) is 0.350. The molecule has 1 atom stereocenters. The second kappa shape index (κ2) is 7.52. The van der Waals surface area contributed by atoms with E-state index in [0.29, 0.717) is 12.2 Å². The number of carbonyl (C=O) groups excluding carboxylic acids is 1.